The van der Waals surface area contributed by atoms with Crippen LogP contribution in [-0.4, -0.2) is 5.91 Å². The molecule has 3 aromatic rings. The number of carbonyl (C=O) groups excluding carboxylic acids is 1. The van der Waals surface area contributed by atoms with Crippen LogP contribution >= 0.6 is 34.5 Å². The molecule has 21 heavy (non-hydrogen) atoms. The normalized spacial score (nSPS) is 10.8. The first-order valence-electron chi connectivity index (χ1n) is 6.09. The Kier molecular flexibility index (Phi) is 3.76. The molecule has 3 nitrogen and oxygen atoms in total. The van der Waals surface area contributed by atoms with Crippen LogP contribution < -0.4 is 11.1 Å². The van der Waals surface area contributed by atoms with E-state index in [9.17, 15) is 4.79 Å². The van der Waals surface area contributed by atoms with Gasteiger partial charge in [0.15, 0.2) is 0 Å². The predicted octanol–water partition coefficient (Wildman–Crippen LogP) is 5.04. The van der Waals surface area contributed by atoms with Crippen molar-refractivity contribution in [1.82, 2.24) is 0 Å². The van der Waals surface area contributed by atoms with Crippen molar-refractivity contribution >= 4 is 61.9 Å². The Morgan fingerprint density at radius 3 is 2.43 bits per heavy atom. The van der Waals surface area contributed by atoms with E-state index in [4.69, 9.17) is 28.9 Å². The van der Waals surface area contributed by atoms with Gasteiger partial charge in [-0.25, -0.2) is 0 Å². The second kappa shape index (κ2) is 5.56. The fourth-order valence-corrected chi connectivity index (χ4v) is 3.59. The molecule has 0 bridgehead atoms. The van der Waals surface area contributed by atoms with E-state index >= 15 is 0 Å². The zero-order valence-corrected chi connectivity index (χ0v) is 13.0. The summed E-state index contributed by atoms with van der Waals surface area (Å²) in [6, 6.07) is 12.5. The number of anilines is 2. The molecule has 0 aliphatic rings. The first-order chi connectivity index (χ1) is 10.0. The lowest BCUT2D eigenvalue weighted by molar-refractivity contribution is 0.103. The quantitative estimate of drug-likeness (QED) is 0.688. The van der Waals surface area contributed by atoms with Crippen LogP contribution in [0.3, 0.4) is 0 Å². The highest BCUT2D eigenvalue weighted by atomic mass is 35.5. The topological polar surface area (TPSA) is 55.1 Å². The third-order valence-corrected chi connectivity index (χ3v) is 4.58. The van der Waals surface area contributed by atoms with Crippen LogP contribution in [-0.2, 0) is 0 Å². The van der Waals surface area contributed by atoms with Gasteiger partial charge in [-0.1, -0.05) is 41.4 Å². The Bertz CT molecular complexity index is 825. The Labute approximate surface area is 135 Å². The monoisotopic (exact) mass is 336 g/mol. The van der Waals surface area contributed by atoms with Crippen LogP contribution in [0.4, 0.5) is 11.4 Å². The van der Waals surface area contributed by atoms with E-state index in [-0.39, 0.29) is 5.91 Å². The molecule has 0 fully saturated rings. The molecule has 6 heteroatoms. The number of nitrogens with one attached hydrogen (secondary N) is 1. The molecule has 0 spiro atoms. The van der Waals surface area contributed by atoms with Crippen molar-refractivity contribution in [3.05, 3.63) is 57.4 Å². The van der Waals surface area contributed by atoms with E-state index in [1.54, 1.807) is 18.2 Å². The number of amides is 1. The maximum absolute atomic E-state index is 12.4. The number of carbonyl (C=O) groups is 1. The molecule has 0 aliphatic carbocycles. The zero-order chi connectivity index (χ0) is 15.0. The average molecular weight is 337 g/mol. The highest BCUT2D eigenvalue weighted by Crippen LogP contribution is 2.34. The number of halogens is 2. The summed E-state index contributed by atoms with van der Waals surface area (Å²) in [5.41, 5.74) is 7.07. The van der Waals surface area contributed by atoms with Gasteiger partial charge in [0.05, 0.1) is 5.69 Å². The highest BCUT2D eigenvalue weighted by molar-refractivity contribution is 7.21. The summed E-state index contributed by atoms with van der Waals surface area (Å²) >= 11 is 13.2. The Hall–Kier alpha value is -1.75. The van der Waals surface area contributed by atoms with Crippen LogP contribution in [0.5, 0.6) is 0 Å². The molecule has 0 atom stereocenters. The molecule has 0 saturated heterocycles. The Morgan fingerprint density at radius 2 is 1.76 bits per heavy atom. The summed E-state index contributed by atoms with van der Waals surface area (Å²) in [5, 5.41) is 4.57. The minimum atomic E-state index is -0.271. The third-order valence-electron chi connectivity index (χ3n) is 2.96. The number of hydrogen-bond donors (Lipinski definition) is 2. The highest BCUT2D eigenvalue weighted by Gasteiger charge is 2.16. The summed E-state index contributed by atoms with van der Waals surface area (Å²) in [6.07, 6.45) is 0. The van der Waals surface area contributed by atoms with E-state index in [1.807, 2.05) is 24.3 Å². The second-order valence-corrected chi connectivity index (χ2v) is 6.38. The lowest BCUT2D eigenvalue weighted by atomic mass is 10.2. The van der Waals surface area contributed by atoms with Crippen LogP contribution in [0, 0.1) is 0 Å². The maximum Gasteiger partial charge on any atom is 0.267 e. The van der Waals surface area contributed by atoms with E-state index in [0.29, 0.717) is 26.3 Å². The molecule has 2 aromatic carbocycles. The molecule has 3 N–H and O–H groups in total. The minimum Gasteiger partial charge on any atom is -0.397 e. The standard InChI is InChI=1S/C15H10Cl2N2OS/c16-8-5-9(17)7-10(6-8)19-15(20)14-13(18)11-3-1-2-4-12(11)21-14/h1-7H,18H2,(H,19,20). The van der Waals surface area contributed by atoms with Crippen LogP contribution in [0.15, 0.2) is 42.5 Å². The molecule has 1 aromatic heterocycles. The lowest BCUT2D eigenvalue weighted by Crippen LogP contribution is -2.11. The fraction of sp³-hybridized carbons (Fsp3) is 0. The number of benzene rings is 2. The molecule has 106 valence electrons. The number of hydrogen-bond acceptors (Lipinski definition) is 3. The summed E-state index contributed by atoms with van der Waals surface area (Å²) < 4.78 is 0.976. The largest absolute Gasteiger partial charge is 0.397 e. The SMILES string of the molecule is Nc1c(C(=O)Nc2cc(Cl)cc(Cl)c2)sc2ccccc12. The van der Waals surface area contributed by atoms with Gasteiger partial charge < -0.3 is 11.1 Å². The lowest BCUT2D eigenvalue weighted by Gasteiger charge is -2.05. The second-order valence-electron chi connectivity index (χ2n) is 4.45. The summed E-state index contributed by atoms with van der Waals surface area (Å²) in [7, 11) is 0. The van der Waals surface area contributed by atoms with Crippen LogP contribution in [0.25, 0.3) is 10.1 Å². The summed E-state index contributed by atoms with van der Waals surface area (Å²) in [6.45, 7) is 0. The number of nitrogens with two attached hydrogens (primary N) is 1. The number of rotatable bonds is 2. The van der Waals surface area contributed by atoms with Crippen molar-refractivity contribution in [2.24, 2.45) is 0 Å². The molecular weight excluding hydrogens is 327 g/mol. The number of fused-ring (bicyclic) bond motifs is 1. The zero-order valence-electron chi connectivity index (χ0n) is 10.7. The molecule has 3 rings (SSSR count). The van der Waals surface area contributed by atoms with Crippen molar-refractivity contribution < 1.29 is 4.79 Å². The first kappa shape index (κ1) is 14.2. The van der Waals surface area contributed by atoms with Crippen molar-refractivity contribution in [2.45, 2.75) is 0 Å². The Balaban J connectivity index is 1.95. The summed E-state index contributed by atoms with van der Waals surface area (Å²) in [4.78, 5) is 12.8. The first-order valence-corrected chi connectivity index (χ1v) is 7.66. The Morgan fingerprint density at radius 1 is 1.10 bits per heavy atom. The molecule has 1 amide bonds. The van der Waals surface area contributed by atoms with Gasteiger partial charge in [-0.15, -0.1) is 11.3 Å². The number of thiophene rings is 1. The molecule has 0 unspecified atom stereocenters. The average Bonchev–Trinajstić information content (AvgIpc) is 2.76. The van der Waals surface area contributed by atoms with Crippen molar-refractivity contribution in [3.63, 3.8) is 0 Å². The molecule has 0 aliphatic heterocycles. The number of nitrogen functional groups attached to an aromatic ring is 1. The molecule has 1 heterocycles. The van der Waals surface area contributed by atoms with Gasteiger partial charge in [0, 0.05) is 25.8 Å². The van der Waals surface area contributed by atoms with Gasteiger partial charge in [0.25, 0.3) is 5.91 Å². The van der Waals surface area contributed by atoms with Gasteiger partial charge >= 0.3 is 0 Å². The van der Waals surface area contributed by atoms with Crippen LogP contribution in [0.1, 0.15) is 9.67 Å². The van der Waals surface area contributed by atoms with Crippen molar-refractivity contribution in [2.75, 3.05) is 11.1 Å². The van der Waals surface area contributed by atoms with E-state index in [1.165, 1.54) is 11.3 Å². The van der Waals surface area contributed by atoms with Gasteiger partial charge in [-0.2, -0.15) is 0 Å². The maximum atomic E-state index is 12.4. The molecule has 0 saturated carbocycles. The van der Waals surface area contributed by atoms with E-state index < -0.39 is 0 Å². The third kappa shape index (κ3) is 2.83. The van der Waals surface area contributed by atoms with Crippen LogP contribution in [0.2, 0.25) is 10.0 Å². The van der Waals surface area contributed by atoms with Gasteiger partial charge in [0.2, 0.25) is 0 Å². The van der Waals surface area contributed by atoms with Gasteiger partial charge in [-0.3, -0.25) is 4.79 Å². The summed E-state index contributed by atoms with van der Waals surface area (Å²) in [5.74, 6) is -0.271. The molecule has 0 radical (unpaired) electrons. The van der Waals surface area contributed by atoms with Crippen molar-refractivity contribution in [3.8, 4) is 0 Å². The fourth-order valence-electron chi connectivity index (χ4n) is 2.05. The predicted molar refractivity (Wildman–Crippen MR) is 90.7 cm³/mol. The molecular formula is C15H10Cl2N2OS. The van der Waals surface area contributed by atoms with Gasteiger partial charge in [-0.05, 0) is 24.3 Å². The smallest absolute Gasteiger partial charge is 0.267 e. The van der Waals surface area contributed by atoms with E-state index in [2.05, 4.69) is 5.32 Å². The van der Waals surface area contributed by atoms with Crippen molar-refractivity contribution in [1.29, 1.82) is 0 Å². The van der Waals surface area contributed by atoms with Gasteiger partial charge in [0.1, 0.15) is 4.88 Å². The minimum absolute atomic E-state index is 0.271. The van der Waals surface area contributed by atoms with E-state index in [0.717, 1.165) is 10.1 Å².